The molecule has 6 nitrogen and oxygen atoms in total. The van der Waals surface area contributed by atoms with Crippen LogP contribution in [0.5, 0.6) is 0 Å². The first kappa shape index (κ1) is 19.8. The molecular weight excluding hydrogens is 392 g/mol. The Morgan fingerprint density at radius 3 is 2.33 bits per heavy atom. The van der Waals surface area contributed by atoms with E-state index in [0.29, 0.717) is 5.13 Å². The van der Waals surface area contributed by atoms with Crippen molar-refractivity contribution in [2.75, 3.05) is 18.0 Å². The van der Waals surface area contributed by atoms with Gasteiger partial charge < -0.3 is 4.90 Å². The number of rotatable bonds is 8. The minimum Gasteiger partial charge on any atom is -0.365 e. The number of hydrogen-bond acceptors (Lipinski definition) is 6. The SMILES string of the molecule is CCN(CC[n+]1ccccc1)c1ccc(N=Nc2nnc(-c3ccccc3)s2)cc1. The zero-order valence-electron chi connectivity index (χ0n) is 16.8. The number of aromatic nitrogens is 3. The van der Waals surface area contributed by atoms with Crippen LogP contribution in [0, 0.1) is 0 Å². The lowest BCUT2D eigenvalue weighted by molar-refractivity contribution is -0.694. The Morgan fingerprint density at radius 2 is 1.60 bits per heavy atom. The predicted molar refractivity (Wildman–Crippen MR) is 120 cm³/mol. The zero-order chi connectivity index (χ0) is 20.6. The number of anilines is 1. The molecule has 30 heavy (non-hydrogen) atoms. The van der Waals surface area contributed by atoms with Crippen LogP contribution >= 0.6 is 11.3 Å². The third-order valence-electron chi connectivity index (χ3n) is 4.69. The molecule has 2 heterocycles. The first-order valence-corrected chi connectivity index (χ1v) is 10.7. The van der Waals surface area contributed by atoms with Gasteiger partial charge in [0.05, 0.1) is 12.2 Å². The van der Waals surface area contributed by atoms with Crippen LogP contribution in [-0.2, 0) is 6.54 Å². The normalized spacial score (nSPS) is 11.1. The van der Waals surface area contributed by atoms with E-state index in [1.54, 1.807) is 0 Å². The minimum atomic E-state index is 0.549. The second-order valence-electron chi connectivity index (χ2n) is 6.67. The summed E-state index contributed by atoms with van der Waals surface area (Å²) in [7, 11) is 0. The molecule has 0 atom stereocenters. The van der Waals surface area contributed by atoms with E-state index in [4.69, 9.17) is 0 Å². The molecule has 0 spiro atoms. The lowest BCUT2D eigenvalue weighted by Crippen LogP contribution is -2.40. The maximum atomic E-state index is 4.31. The van der Waals surface area contributed by atoms with E-state index in [2.05, 4.69) is 73.5 Å². The average Bonchev–Trinajstić information content (AvgIpc) is 3.29. The van der Waals surface area contributed by atoms with Crippen molar-refractivity contribution in [3.63, 3.8) is 0 Å². The maximum absolute atomic E-state index is 4.31. The molecule has 0 fully saturated rings. The van der Waals surface area contributed by atoms with Gasteiger partial charge in [-0.15, -0.1) is 20.4 Å². The summed E-state index contributed by atoms with van der Waals surface area (Å²) in [5.74, 6) is 0. The van der Waals surface area contributed by atoms with Crippen molar-refractivity contribution in [3.8, 4) is 10.6 Å². The Balaban J connectivity index is 1.38. The molecule has 150 valence electrons. The van der Waals surface area contributed by atoms with E-state index >= 15 is 0 Å². The van der Waals surface area contributed by atoms with Crippen molar-refractivity contribution in [2.45, 2.75) is 13.5 Å². The van der Waals surface area contributed by atoms with Crippen LogP contribution in [0.3, 0.4) is 0 Å². The molecule has 0 N–H and O–H groups in total. The van der Waals surface area contributed by atoms with Gasteiger partial charge in [-0.3, -0.25) is 0 Å². The highest BCUT2D eigenvalue weighted by Crippen LogP contribution is 2.29. The van der Waals surface area contributed by atoms with Gasteiger partial charge in [0, 0.05) is 29.9 Å². The summed E-state index contributed by atoms with van der Waals surface area (Å²) in [5, 5.41) is 18.3. The fourth-order valence-electron chi connectivity index (χ4n) is 3.07. The minimum absolute atomic E-state index is 0.549. The van der Waals surface area contributed by atoms with Crippen molar-refractivity contribution < 1.29 is 4.57 Å². The van der Waals surface area contributed by atoms with Gasteiger partial charge in [-0.05, 0) is 31.2 Å². The van der Waals surface area contributed by atoms with Crippen LogP contribution in [0.25, 0.3) is 10.6 Å². The summed E-state index contributed by atoms with van der Waals surface area (Å²) in [6, 6.07) is 24.2. The monoisotopic (exact) mass is 415 g/mol. The second kappa shape index (κ2) is 9.84. The Morgan fingerprint density at radius 1 is 0.867 bits per heavy atom. The first-order chi connectivity index (χ1) is 14.8. The topological polar surface area (TPSA) is 57.6 Å². The van der Waals surface area contributed by atoms with E-state index in [1.807, 2.05) is 48.5 Å². The zero-order valence-corrected chi connectivity index (χ0v) is 17.6. The quantitative estimate of drug-likeness (QED) is 0.285. The van der Waals surface area contributed by atoms with E-state index in [0.717, 1.165) is 35.9 Å². The molecule has 0 amide bonds. The van der Waals surface area contributed by atoms with E-state index in [1.165, 1.54) is 17.0 Å². The van der Waals surface area contributed by atoms with Crippen molar-refractivity contribution in [3.05, 3.63) is 85.2 Å². The second-order valence-corrected chi connectivity index (χ2v) is 7.62. The van der Waals surface area contributed by atoms with Gasteiger partial charge in [-0.2, -0.15) is 0 Å². The average molecular weight is 416 g/mol. The molecule has 4 rings (SSSR count). The van der Waals surface area contributed by atoms with E-state index < -0.39 is 0 Å². The van der Waals surface area contributed by atoms with Gasteiger partial charge in [-0.1, -0.05) is 47.7 Å². The van der Waals surface area contributed by atoms with Crippen LogP contribution in [-0.4, -0.2) is 23.3 Å². The van der Waals surface area contributed by atoms with Crippen molar-refractivity contribution >= 4 is 27.8 Å². The molecule has 0 saturated heterocycles. The summed E-state index contributed by atoms with van der Waals surface area (Å²) in [6.45, 7) is 5.00. The number of likely N-dealkylation sites (N-methyl/N-ethyl adjacent to an activating group) is 1. The highest BCUT2D eigenvalue weighted by molar-refractivity contribution is 7.18. The van der Waals surface area contributed by atoms with Crippen molar-refractivity contribution in [2.24, 2.45) is 10.2 Å². The Kier molecular flexibility index (Phi) is 6.51. The van der Waals surface area contributed by atoms with Gasteiger partial charge >= 0.3 is 0 Å². The molecular formula is C23H23N6S+. The summed E-state index contributed by atoms with van der Waals surface area (Å²) in [5.41, 5.74) is 3.01. The Labute approximate surface area is 180 Å². The summed E-state index contributed by atoms with van der Waals surface area (Å²) in [4.78, 5) is 2.35. The Bertz CT molecular complexity index is 1080. The summed E-state index contributed by atoms with van der Waals surface area (Å²) < 4.78 is 2.19. The largest absolute Gasteiger partial charge is 0.365 e. The van der Waals surface area contributed by atoms with Crippen LogP contribution in [0.4, 0.5) is 16.5 Å². The van der Waals surface area contributed by atoms with E-state index in [9.17, 15) is 0 Å². The molecule has 0 radical (unpaired) electrons. The smallest absolute Gasteiger partial charge is 0.252 e. The van der Waals surface area contributed by atoms with Gasteiger partial charge in [0.25, 0.3) is 5.13 Å². The molecule has 2 aromatic carbocycles. The molecule has 0 aliphatic carbocycles. The fourth-order valence-corrected chi connectivity index (χ4v) is 3.75. The van der Waals surface area contributed by atoms with Crippen molar-refractivity contribution in [1.29, 1.82) is 0 Å². The highest BCUT2D eigenvalue weighted by Gasteiger charge is 2.08. The standard InChI is InChI=1S/C23H23N6S/c1-2-29(18-17-28-15-7-4-8-16-28)21-13-11-20(12-14-21)24-26-23-27-25-22(30-23)19-9-5-3-6-10-19/h3-16H,2,17-18H2,1H3/q+1. The summed E-state index contributed by atoms with van der Waals surface area (Å²) in [6.07, 6.45) is 4.18. The first-order valence-electron chi connectivity index (χ1n) is 9.91. The molecule has 4 aromatic rings. The fraction of sp³-hybridized carbons (Fsp3) is 0.174. The Hall–Kier alpha value is -3.45. The van der Waals surface area contributed by atoms with Crippen LogP contribution in [0.1, 0.15) is 6.92 Å². The van der Waals surface area contributed by atoms with Crippen LogP contribution < -0.4 is 9.47 Å². The molecule has 0 aliphatic heterocycles. The molecule has 0 saturated carbocycles. The predicted octanol–water partition coefficient (Wildman–Crippen LogP) is 5.43. The number of azo groups is 1. The van der Waals surface area contributed by atoms with Crippen LogP contribution in [0.2, 0.25) is 0 Å². The third-order valence-corrected chi connectivity index (χ3v) is 5.54. The molecule has 2 aromatic heterocycles. The van der Waals surface area contributed by atoms with E-state index in [-0.39, 0.29) is 0 Å². The molecule has 7 heteroatoms. The maximum Gasteiger partial charge on any atom is 0.252 e. The third kappa shape index (κ3) is 5.12. The molecule has 0 unspecified atom stereocenters. The number of hydrogen-bond donors (Lipinski definition) is 0. The van der Waals surface area contributed by atoms with Gasteiger partial charge in [0.1, 0.15) is 5.01 Å². The van der Waals surface area contributed by atoms with Gasteiger partial charge in [-0.25, -0.2) is 4.57 Å². The number of benzene rings is 2. The lowest BCUT2D eigenvalue weighted by atomic mass is 10.2. The van der Waals surface area contributed by atoms with Gasteiger partial charge in [0.15, 0.2) is 18.9 Å². The van der Waals surface area contributed by atoms with Crippen molar-refractivity contribution in [1.82, 2.24) is 10.2 Å². The summed E-state index contributed by atoms with van der Waals surface area (Å²) >= 11 is 1.43. The lowest BCUT2D eigenvalue weighted by Gasteiger charge is -2.21. The molecule has 0 aliphatic rings. The van der Waals surface area contributed by atoms with Crippen LogP contribution in [0.15, 0.2) is 95.4 Å². The highest BCUT2D eigenvalue weighted by atomic mass is 32.1. The number of nitrogens with zero attached hydrogens (tertiary/aromatic N) is 6. The molecule has 0 bridgehead atoms. The number of pyridine rings is 1. The van der Waals surface area contributed by atoms with Gasteiger partial charge in [0.2, 0.25) is 0 Å².